The Kier molecular flexibility index (Phi) is 18.4. The van der Waals surface area contributed by atoms with Crippen molar-refractivity contribution >= 4 is 45.1 Å². The molecule has 0 amide bonds. The molecule has 15 N–H and O–H groups in total. The lowest BCUT2D eigenvalue weighted by Crippen LogP contribution is -2.69. The maximum absolute atomic E-state index is 16.9. The number of phenolic OH excluding ortho intramolecular Hbond substituents is 1. The molecule has 9 aliphatic carbocycles. The van der Waals surface area contributed by atoms with E-state index < -0.39 is 118 Å². The minimum absolute atomic E-state index is 0.0111. The SMILES string of the molecule is C[C@H]1CCC2=C[C@H]3CC[C@@H]4[C@H]([C@@H]5COC(=O)[C@H]5c5cc[nH]c5)C#CC[C@@H]5C[C@@]6(O)C7=C8N[C@@H](CO)C(=O)C[C@H](c9ccc(O)cc9)CSSC[C@@H]9[C@@H](O)[C@@H](O)C[C@@](C%10CCCCC%10)([C@@H]9C8=O)[C@H]7CC[C@]6(CCN=C(N)N)[C@H]5[C@@](C)(O)[C@H](O)C[C@@H](C(O)O)[C@H]3[C@@H]4[C@H]2C1. The van der Waals surface area contributed by atoms with Crippen LogP contribution in [0.3, 0.4) is 0 Å². The average molecular weight is 1290 g/mol. The van der Waals surface area contributed by atoms with Crippen molar-refractivity contribution in [3.63, 3.8) is 0 Å². The van der Waals surface area contributed by atoms with Gasteiger partial charge in [0.25, 0.3) is 0 Å². The van der Waals surface area contributed by atoms with E-state index in [2.05, 4.69) is 40.1 Å². The van der Waals surface area contributed by atoms with Crippen LogP contribution in [0.25, 0.3) is 0 Å². The number of ether oxygens (including phenoxy) is 1. The number of aliphatic imine (C=N–C) groups is 1. The molecular formula is C71H97N5O13S2. The van der Waals surface area contributed by atoms with Gasteiger partial charge < -0.3 is 72.5 Å². The van der Waals surface area contributed by atoms with E-state index >= 15 is 14.7 Å². The van der Waals surface area contributed by atoms with Crippen LogP contribution >= 0.6 is 21.6 Å². The standard InChI is InChI=1S/C71H97N5O13S2/c1-36-11-12-38-26-39-15-18-46-45(49-33-89-66(86)57(49)41-20-23-74-31-41)10-6-7-40-29-71(88)60-51(19-21-69(71,22-24-75-67(72)73)64(40)68(2,87)55(81)28-48(65(84)85)56(39)58(46)47(38)25-36)70(43-8-4-3-5-9-43)30-54(80)62(82)50-35-91-90-34-42(37-13-16-44(78)17-14-37)27-53(79)52(32-77)76-61(60)63(83)59(50)70/h13-14,16-17,20,23,26,31,36,39-40,42-43,45-52,54-59,62,64-65,74,76-78,80-82,84-85,87-88H,3-5,7-9,11-12,15,18-19,21-22,24-25,27-30,32-35H2,1-2H3,(H4,72,73,75)/t36-,39+,40+,42-,45+,46+,47-,48+,49-,50-,51-,52-,54-,55+,56-,57-,58-,59-,62+,64+,68-,69-,70-,71+/m0/s1. The molecule has 13 rings (SSSR count). The number of phenols is 1. The molecule has 1 aromatic heterocycles. The Balaban J connectivity index is 1.02. The van der Waals surface area contributed by atoms with Crippen LogP contribution in [0.4, 0.5) is 0 Å². The van der Waals surface area contributed by atoms with Gasteiger partial charge in [-0.2, -0.15) is 0 Å². The fraction of sp³-hybridized carbons (Fsp3) is 0.718. The fourth-order valence-electron chi connectivity index (χ4n) is 22.4. The molecule has 0 spiro atoms. The first-order chi connectivity index (χ1) is 43.6. The molecule has 11 aliphatic rings. The van der Waals surface area contributed by atoms with Gasteiger partial charge in [0.1, 0.15) is 11.8 Å². The zero-order valence-electron chi connectivity index (χ0n) is 52.7. The van der Waals surface area contributed by atoms with E-state index in [0.29, 0.717) is 23.7 Å². The van der Waals surface area contributed by atoms with Crippen molar-refractivity contribution in [1.29, 1.82) is 0 Å². The lowest BCUT2D eigenvalue weighted by Gasteiger charge is -2.66. The molecule has 91 heavy (non-hydrogen) atoms. The number of aromatic nitrogens is 1. The maximum atomic E-state index is 16.9. The summed E-state index contributed by atoms with van der Waals surface area (Å²) in [6.07, 6.45) is 9.04. The molecule has 18 nitrogen and oxygen atoms in total. The van der Waals surface area contributed by atoms with E-state index in [-0.39, 0.29) is 134 Å². The number of carbonyl (C=O) groups excluding carboxylic acids is 3. The van der Waals surface area contributed by atoms with Gasteiger partial charge in [0.15, 0.2) is 23.8 Å². The Morgan fingerprint density at radius 3 is 2.40 bits per heavy atom. The summed E-state index contributed by atoms with van der Waals surface area (Å²) in [7, 11) is 3.02. The van der Waals surface area contributed by atoms with E-state index in [1.54, 1.807) is 37.4 Å². The molecule has 24 atom stereocenters. The third kappa shape index (κ3) is 11.1. The number of carbonyl (C=O) groups is 3. The number of nitrogens with zero attached hydrogens (tertiary/aromatic N) is 1. The molecule has 8 fully saturated rings. The monoisotopic (exact) mass is 1290 g/mol. The number of benzene rings is 1. The molecule has 3 heterocycles. The number of guanidine groups is 1. The number of rotatable bonds is 9. The Morgan fingerprint density at radius 2 is 1.67 bits per heavy atom. The number of H-pyrrole nitrogens is 1. The van der Waals surface area contributed by atoms with E-state index in [9.17, 15) is 45.6 Å². The van der Waals surface area contributed by atoms with Gasteiger partial charge in [-0.05, 0) is 184 Å². The molecule has 6 saturated carbocycles. The van der Waals surface area contributed by atoms with Gasteiger partial charge in [0.05, 0.1) is 54.3 Å². The molecule has 2 saturated heterocycles. The molecular weight excluding hydrogens is 1190 g/mol. The smallest absolute Gasteiger partial charge is 0.313 e. The van der Waals surface area contributed by atoms with Crippen molar-refractivity contribution in [3.05, 3.63) is 76.8 Å². The fourth-order valence-corrected chi connectivity index (χ4v) is 25.2. The number of aliphatic hydroxyl groups excluding tert-OH is 5. The van der Waals surface area contributed by atoms with Crippen LogP contribution in [0.2, 0.25) is 0 Å². The number of aliphatic hydroxyl groups is 8. The number of allylic oxidation sites excluding steroid dienone is 3. The molecule has 0 unspecified atom stereocenters. The maximum Gasteiger partial charge on any atom is 0.313 e. The number of Topliss-reactive ketones (excluding diaryl/α,β-unsaturated/α-hetero) is 2. The number of fused-ring (bicyclic) bond motifs is 8. The van der Waals surface area contributed by atoms with Gasteiger partial charge in [-0.1, -0.05) is 77.5 Å². The second kappa shape index (κ2) is 25.6. The zero-order chi connectivity index (χ0) is 64.1. The normalized spacial score (nSPS) is 44.4. The highest BCUT2D eigenvalue weighted by molar-refractivity contribution is 8.76. The van der Waals surface area contributed by atoms with Gasteiger partial charge in [0, 0.05) is 90.1 Å². The van der Waals surface area contributed by atoms with Crippen molar-refractivity contribution in [2.45, 2.75) is 183 Å². The summed E-state index contributed by atoms with van der Waals surface area (Å²) in [5, 5.41) is 117. The number of hydrogen-bond donors (Lipinski definition) is 13. The largest absolute Gasteiger partial charge is 0.508 e. The molecule has 496 valence electrons. The first kappa shape index (κ1) is 65.3. The summed E-state index contributed by atoms with van der Waals surface area (Å²) in [5.74, 6) is -0.0409. The van der Waals surface area contributed by atoms with Crippen molar-refractivity contribution in [2.75, 3.05) is 31.3 Å². The van der Waals surface area contributed by atoms with E-state index in [1.807, 2.05) is 12.3 Å². The number of nitrogens with one attached hydrogen (secondary N) is 2. The van der Waals surface area contributed by atoms with E-state index in [0.717, 1.165) is 75.3 Å². The highest BCUT2D eigenvalue weighted by atomic mass is 33.1. The number of cyclic esters (lactones) is 1. The molecule has 0 radical (unpaired) electrons. The predicted molar refractivity (Wildman–Crippen MR) is 346 cm³/mol. The van der Waals surface area contributed by atoms with Gasteiger partial charge in [-0.3, -0.25) is 19.4 Å². The van der Waals surface area contributed by atoms with Crippen LogP contribution in [0, 0.1) is 111 Å². The average Bonchev–Trinajstić information content (AvgIpc) is 1.63. The lowest BCUT2D eigenvalue weighted by atomic mass is 9.39. The molecule has 2 aliphatic heterocycles. The van der Waals surface area contributed by atoms with Gasteiger partial charge in [-0.25, -0.2) is 0 Å². The van der Waals surface area contributed by atoms with E-state index in [4.69, 9.17) is 16.2 Å². The van der Waals surface area contributed by atoms with Gasteiger partial charge in [0.2, 0.25) is 0 Å². The van der Waals surface area contributed by atoms with E-state index in [1.165, 1.54) is 27.2 Å². The lowest BCUT2D eigenvalue weighted by molar-refractivity contribution is -0.210. The second-order valence-electron chi connectivity index (χ2n) is 30.3. The van der Waals surface area contributed by atoms with Crippen molar-refractivity contribution in [2.24, 2.45) is 116 Å². The van der Waals surface area contributed by atoms with Crippen LogP contribution < -0.4 is 16.8 Å². The number of hydrogen-bond acceptors (Lipinski definition) is 17. The molecule has 20 heteroatoms. The topological polar surface area (TPSA) is 335 Å². The number of nitrogens with two attached hydrogens (primary N) is 2. The summed E-state index contributed by atoms with van der Waals surface area (Å²) in [6, 6.07) is 7.25. The Bertz CT molecular complexity index is 3190. The van der Waals surface area contributed by atoms with Crippen molar-refractivity contribution < 1.29 is 65.1 Å². The van der Waals surface area contributed by atoms with Crippen molar-refractivity contribution in [3.8, 4) is 17.6 Å². The van der Waals surface area contributed by atoms with Crippen LogP contribution in [-0.4, -0.2) is 148 Å². The first-order valence-corrected chi connectivity index (χ1v) is 36.7. The summed E-state index contributed by atoms with van der Waals surface area (Å²) in [6.45, 7) is 3.27. The molecule has 1 aromatic carbocycles. The van der Waals surface area contributed by atoms with Crippen LogP contribution in [0.15, 0.2) is 70.6 Å². The van der Waals surface area contributed by atoms with Crippen LogP contribution in [0.5, 0.6) is 5.75 Å². The highest BCUT2D eigenvalue weighted by Crippen LogP contribution is 2.75. The third-order valence-corrected chi connectivity index (χ3v) is 28.6. The second-order valence-corrected chi connectivity index (χ2v) is 32.9. The Labute approximate surface area is 542 Å². The molecule has 6 bridgehead atoms. The minimum Gasteiger partial charge on any atom is -0.508 e. The number of esters is 1. The van der Waals surface area contributed by atoms with Gasteiger partial charge >= 0.3 is 5.97 Å². The highest BCUT2D eigenvalue weighted by Gasteiger charge is 2.76. The minimum atomic E-state index is -2.11. The summed E-state index contributed by atoms with van der Waals surface area (Å²) in [5.41, 5.74) is 8.95. The van der Waals surface area contributed by atoms with Crippen LogP contribution in [0.1, 0.15) is 152 Å². The predicted octanol–water partition coefficient (Wildman–Crippen LogP) is 6.34. The summed E-state index contributed by atoms with van der Waals surface area (Å²) >= 11 is 0. The van der Waals surface area contributed by atoms with Gasteiger partial charge in [-0.15, -0.1) is 5.92 Å². The van der Waals surface area contributed by atoms with Crippen molar-refractivity contribution in [1.82, 2.24) is 10.3 Å². The summed E-state index contributed by atoms with van der Waals surface area (Å²) < 4.78 is 6.06. The molecule has 2 aromatic rings. The zero-order valence-corrected chi connectivity index (χ0v) is 54.3. The summed E-state index contributed by atoms with van der Waals surface area (Å²) in [4.78, 5) is 53.9. The number of ketones is 2. The van der Waals surface area contributed by atoms with Crippen LogP contribution in [-0.2, 0) is 19.1 Å². The first-order valence-electron chi connectivity index (χ1n) is 34.2. The Hall–Kier alpha value is -4.40. The number of aromatic amines is 1. The number of aromatic hydroxyl groups is 1. The quantitative estimate of drug-likeness (QED) is 0.0248. The third-order valence-electron chi connectivity index (χ3n) is 26.0. The Morgan fingerprint density at radius 1 is 0.901 bits per heavy atom.